The molecule has 1 aliphatic heterocycles. The number of thioether (sulfide) groups is 1. The van der Waals surface area contributed by atoms with Crippen molar-refractivity contribution in [3.8, 4) is 0 Å². The second-order valence-electron chi connectivity index (χ2n) is 3.70. The zero-order valence-electron chi connectivity index (χ0n) is 8.78. The lowest BCUT2D eigenvalue weighted by atomic mass is 9.98. The number of carbonyl (C=O) groups is 2. The molecule has 0 aliphatic carbocycles. The van der Waals surface area contributed by atoms with Crippen LogP contribution in [-0.2, 0) is 14.3 Å². The van der Waals surface area contributed by atoms with Gasteiger partial charge in [0.1, 0.15) is 5.92 Å². The Balaban J connectivity index is 2.59. The molecule has 1 aliphatic rings. The van der Waals surface area contributed by atoms with E-state index in [-0.39, 0.29) is 17.0 Å². The number of Topliss-reactive ketones (excluding diaryl/α,β-unsaturated/α-hetero) is 1. The number of hydrogen-bond donors (Lipinski definition) is 0. The minimum atomic E-state index is -0.521. The van der Waals surface area contributed by atoms with Gasteiger partial charge in [0.25, 0.3) is 0 Å². The summed E-state index contributed by atoms with van der Waals surface area (Å²) in [4.78, 5) is 23.1. The Kier molecular flexibility index (Phi) is 3.98. The average Bonchev–Trinajstić information content (AvgIpc) is 2.47. The first-order chi connectivity index (χ1) is 6.57. The molecule has 0 N–H and O–H groups in total. The molecular formula is C10H16O3S. The lowest BCUT2D eigenvalue weighted by Gasteiger charge is -2.11. The Hall–Kier alpha value is -0.510. The maximum absolute atomic E-state index is 11.7. The summed E-state index contributed by atoms with van der Waals surface area (Å²) in [5.74, 6) is 0.0522. The highest BCUT2D eigenvalue weighted by atomic mass is 32.2. The Labute approximate surface area is 88.6 Å². The van der Waals surface area contributed by atoms with Crippen LogP contribution in [-0.4, -0.2) is 29.4 Å². The van der Waals surface area contributed by atoms with Crippen molar-refractivity contribution < 1.29 is 14.3 Å². The van der Waals surface area contributed by atoms with Crippen molar-refractivity contribution in [1.82, 2.24) is 0 Å². The van der Waals surface area contributed by atoms with Crippen molar-refractivity contribution in [2.24, 2.45) is 11.8 Å². The SMILES string of the molecule is CCOC(=O)C1CSC(C(C)C)C1=O. The normalized spacial score (nSPS) is 27.0. The van der Waals surface area contributed by atoms with Gasteiger partial charge >= 0.3 is 5.97 Å². The van der Waals surface area contributed by atoms with E-state index in [1.807, 2.05) is 13.8 Å². The van der Waals surface area contributed by atoms with Crippen LogP contribution < -0.4 is 0 Å². The van der Waals surface area contributed by atoms with Crippen LogP contribution in [0.15, 0.2) is 0 Å². The van der Waals surface area contributed by atoms with Crippen LogP contribution in [0.1, 0.15) is 20.8 Å². The van der Waals surface area contributed by atoms with E-state index >= 15 is 0 Å². The average molecular weight is 216 g/mol. The summed E-state index contributed by atoms with van der Waals surface area (Å²) in [7, 11) is 0. The molecule has 1 fully saturated rings. The zero-order chi connectivity index (χ0) is 10.7. The molecule has 0 aromatic rings. The van der Waals surface area contributed by atoms with Crippen molar-refractivity contribution in [3.63, 3.8) is 0 Å². The molecule has 14 heavy (non-hydrogen) atoms. The van der Waals surface area contributed by atoms with Crippen LogP contribution in [0.2, 0.25) is 0 Å². The van der Waals surface area contributed by atoms with Crippen LogP contribution in [0.5, 0.6) is 0 Å². The van der Waals surface area contributed by atoms with E-state index in [1.54, 1.807) is 18.7 Å². The van der Waals surface area contributed by atoms with Gasteiger partial charge in [-0.1, -0.05) is 13.8 Å². The summed E-state index contributed by atoms with van der Waals surface area (Å²) in [6.45, 7) is 6.11. The minimum absolute atomic E-state index is 0.0237. The zero-order valence-corrected chi connectivity index (χ0v) is 9.60. The van der Waals surface area contributed by atoms with Crippen molar-refractivity contribution in [2.45, 2.75) is 26.0 Å². The summed E-state index contributed by atoms with van der Waals surface area (Å²) < 4.78 is 4.85. The number of carbonyl (C=O) groups excluding carboxylic acids is 2. The monoisotopic (exact) mass is 216 g/mol. The lowest BCUT2D eigenvalue weighted by Crippen LogP contribution is -2.29. The van der Waals surface area contributed by atoms with E-state index in [2.05, 4.69) is 0 Å². The van der Waals surface area contributed by atoms with Crippen molar-refractivity contribution in [2.75, 3.05) is 12.4 Å². The van der Waals surface area contributed by atoms with Crippen molar-refractivity contribution >= 4 is 23.5 Å². The highest BCUT2D eigenvalue weighted by Gasteiger charge is 2.41. The number of ether oxygens (including phenoxy) is 1. The first-order valence-corrected chi connectivity index (χ1v) is 5.94. The van der Waals surface area contributed by atoms with Gasteiger partial charge in [0, 0.05) is 5.75 Å². The van der Waals surface area contributed by atoms with Crippen molar-refractivity contribution in [3.05, 3.63) is 0 Å². The number of esters is 1. The largest absolute Gasteiger partial charge is 0.465 e. The fraction of sp³-hybridized carbons (Fsp3) is 0.800. The fourth-order valence-corrected chi connectivity index (χ4v) is 2.92. The summed E-state index contributed by atoms with van der Waals surface area (Å²) in [5.41, 5.74) is 0. The first-order valence-electron chi connectivity index (χ1n) is 4.89. The second-order valence-corrected chi connectivity index (χ2v) is 4.88. The molecule has 4 heteroatoms. The molecule has 3 nitrogen and oxygen atoms in total. The van der Waals surface area contributed by atoms with Gasteiger partial charge in [-0.05, 0) is 12.8 Å². The predicted molar refractivity (Wildman–Crippen MR) is 56.2 cm³/mol. The third-order valence-electron chi connectivity index (χ3n) is 2.24. The summed E-state index contributed by atoms with van der Waals surface area (Å²) in [6, 6.07) is 0. The molecule has 1 heterocycles. The predicted octanol–water partition coefficient (Wildman–Crippen LogP) is 1.51. The molecular weight excluding hydrogens is 200 g/mol. The Morgan fingerprint density at radius 3 is 2.71 bits per heavy atom. The summed E-state index contributed by atoms with van der Waals surface area (Å²) >= 11 is 1.57. The van der Waals surface area contributed by atoms with E-state index in [1.165, 1.54) is 0 Å². The Morgan fingerprint density at radius 1 is 1.64 bits per heavy atom. The maximum atomic E-state index is 11.7. The molecule has 1 rings (SSSR count). The van der Waals surface area contributed by atoms with Gasteiger partial charge < -0.3 is 4.74 Å². The molecule has 2 atom stereocenters. The highest BCUT2D eigenvalue weighted by molar-refractivity contribution is 8.01. The van der Waals surface area contributed by atoms with Crippen LogP contribution in [0.3, 0.4) is 0 Å². The molecule has 2 unspecified atom stereocenters. The van der Waals surface area contributed by atoms with E-state index < -0.39 is 5.92 Å². The third-order valence-corrected chi connectivity index (χ3v) is 3.90. The molecule has 0 amide bonds. The van der Waals surface area contributed by atoms with Gasteiger partial charge in [-0.3, -0.25) is 9.59 Å². The lowest BCUT2D eigenvalue weighted by molar-refractivity contribution is -0.150. The first kappa shape index (κ1) is 11.6. The van der Waals surface area contributed by atoms with Crippen LogP contribution in [0.25, 0.3) is 0 Å². The molecule has 0 saturated carbocycles. The molecule has 0 aromatic carbocycles. The molecule has 80 valence electrons. The van der Waals surface area contributed by atoms with Crippen molar-refractivity contribution in [1.29, 1.82) is 0 Å². The van der Waals surface area contributed by atoms with E-state index in [0.29, 0.717) is 18.3 Å². The quantitative estimate of drug-likeness (QED) is 0.530. The van der Waals surface area contributed by atoms with Gasteiger partial charge in [-0.15, -0.1) is 11.8 Å². The maximum Gasteiger partial charge on any atom is 0.317 e. The Morgan fingerprint density at radius 2 is 2.29 bits per heavy atom. The van der Waals surface area contributed by atoms with Crippen LogP contribution >= 0.6 is 11.8 Å². The van der Waals surface area contributed by atoms with Gasteiger partial charge in [-0.25, -0.2) is 0 Å². The fourth-order valence-electron chi connectivity index (χ4n) is 1.51. The second kappa shape index (κ2) is 4.82. The minimum Gasteiger partial charge on any atom is -0.465 e. The van der Waals surface area contributed by atoms with E-state index in [0.717, 1.165) is 0 Å². The standard InChI is InChI=1S/C10H16O3S/c1-4-13-10(12)7-5-14-9(6(2)3)8(7)11/h6-7,9H,4-5H2,1-3H3. The van der Waals surface area contributed by atoms with Gasteiger partial charge in [0.05, 0.1) is 11.9 Å². The van der Waals surface area contributed by atoms with Crippen LogP contribution in [0, 0.1) is 11.8 Å². The Bertz CT molecular complexity index is 238. The number of ketones is 1. The molecule has 0 radical (unpaired) electrons. The van der Waals surface area contributed by atoms with Gasteiger partial charge in [0.15, 0.2) is 5.78 Å². The van der Waals surface area contributed by atoms with E-state index in [4.69, 9.17) is 4.74 Å². The van der Waals surface area contributed by atoms with Crippen LogP contribution in [0.4, 0.5) is 0 Å². The smallest absolute Gasteiger partial charge is 0.317 e. The summed E-state index contributed by atoms with van der Waals surface area (Å²) in [5, 5.41) is -0.0237. The topological polar surface area (TPSA) is 43.4 Å². The summed E-state index contributed by atoms with van der Waals surface area (Å²) in [6.07, 6.45) is 0. The van der Waals surface area contributed by atoms with Gasteiger partial charge in [-0.2, -0.15) is 0 Å². The third kappa shape index (κ3) is 2.29. The molecule has 0 bridgehead atoms. The van der Waals surface area contributed by atoms with Gasteiger partial charge in [0.2, 0.25) is 0 Å². The van der Waals surface area contributed by atoms with E-state index in [9.17, 15) is 9.59 Å². The number of hydrogen-bond acceptors (Lipinski definition) is 4. The molecule has 0 aromatic heterocycles. The molecule has 0 spiro atoms. The number of rotatable bonds is 3. The molecule has 1 saturated heterocycles. The highest BCUT2D eigenvalue weighted by Crippen LogP contribution is 2.33.